The molecule has 3 aliphatic rings. The van der Waals surface area contributed by atoms with E-state index >= 15 is 0 Å². The third-order valence-electron chi connectivity index (χ3n) is 4.98. The number of rotatable bonds is 2. The van der Waals surface area contributed by atoms with E-state index in [2.05, 4.69) is 0 Å². The van der Waals surface area contributed by atoms with Crippen LogP contribution in [0.4, 0.5) is 0 Å². The lowest BCUT2D eigenvalue weighted by atomic mass is 9.82. The highest BCUT2D eigenvalue weighted by molar-refractivity contribution is 6.10. The van der Waals surface area contributed by atoms with E-state index in [4.69, 9.17) is 9.47 Å². The highest BCUT2D eigenvalue weighted by Crippen LogP contribution is 2.43. The summed E-state index contributed by atoms with van der Waals surface area (Å²) in [5, 5.41) is 0. The summed E-state index contributed by atoms with van der Waals surface area (Å²) < 4.78 is 10.8. The zero-order chi connectivity index (χ0) is 16.2. The van der Waals surface area contributed by atoms with Gasteiger partial charge in [-0.05, 0) is 37.5 Å². The first-order chi connectivity index (χ1) is 11.0. The first kappa shape index (κ1) is 14.2. The van der Waals surface area contributed by atoms with Crippen molar-refractivity contribution < 1.29 is 23.9 Å². The average molecular weight is 315 g/mol. The summed E-state index contributed by atoms with van der Waals surface area (Å²) >= 11 is 0. The molecule has 1 amide bonds. The summed E-state index contributed by atoms with van der Waals surface area (Å²) in [6, 6.07) is 3.53. The maximum absolute atomic E-state index is 13.3. The van der Waals surface area contributed by atoms with E-state index in [0.717, 1.165) is 5.56 Å². The van der Waals surface area contributed by atoms with E-state index in [-0.39, 0.29) is 30.7 Å². The van der Waals surface area contributed by atoms with E-state index in [1.807, 2.05) is 6.07 Å². The fourth-order valence-electron chi connectivity index (χ4n) is 3.96. The fraction of sp³-hybridized carbons (Fsp3) is 0.471. The van der Waals surface area contributed by atoms with Crippen LogP contribution in [0, 0.1) is 0 Å². The van der Waals surface area contributed by atoms with Gasteiger partial charge < -0.3 is 14.4 Å². The minimum Gasteiger partial charge on any atom is -0.454 e. The maximum Gasteiger partial charge on any atom is 0.231 e. The lowest BCUT2D eigenvalue weighted by molar-refractivity contribution is -0.131. The van der Waals surface area contributed by atoms with Gasteiger partial charge in [-0.15, -0.1) is 0 Å². The molecule has 3 heterocycles. The van der Waals surface area contributed by atoms with Crippen molar-refractivity contribution in [3.05, 3.63) is 23.3 Å². The molecule has 3 aliphatic heterocycles. The monoisotopic (exact) mass is 315 g/mol. The third-order valence-corrected chi connectivity index (χ3v) is 4.98. The van der Waals surface area contributed by atoms with Gasteiger partial charge in [0.25, 0.3) is 0 Å². The van der Waals surface area contributed by atoms with Crippen molar-refractivity contribution in [2.75, 3.05) is 13.3 Å². The number of fused-ring (bicyclic) bond motifs is 3. The number of ether oxygens (including phenoxy) is 2. The van der Waals surface area contributed by atoms with E-state index < -0.39 is 5.54 Å². The van der Waals surface area contributed by atoms with Crippen LogP contribution in [0.1, 0.15) is 42.1 Å². The van der Waals surface area contributed by atoms with Crippen molar-refractivity contribution in [1.82, 2.24) is 4.90 Å². The predicted molar refractivity (Wildman–Crippen MR) is 79.6 cm³/mol. The summed E-state index contributed by atoms with van der Waals surface area (Å²) in [5.74, 6) is 0.900. The van der Waals surface area contributed by atoms with Crippen molar-refractivity contribution in [1.29, 1.82) is 0 Å². The predicted octanol–water partition coefficient (Wildman–Crippen LogP) is 1.49. The number of carbonyl (C=O) groups is 3. The molecule has 0 saturated carbocycles. The Morgan fingerprint density at radius 3 is 2.70 bits per heavy atom. The Bertz CT molecular complexity index is 741. The molecule has 4 rings (SSSR count). The number of hydrogen-bond donors (Lipinski definition) is 0. The van der Waals surface area contributed by atoms with Crippen LogP contribution in [0.2, 0.25) is 0 Å². The number of Topliss-reactive ketones (excluding diaryl/α,β-unsaturated/α-hetero) is 2. The van der Waals surface area contributed by atoms with Crippen LogP contribution in [0.15, 0.2) is 12.1 Å². The molecule has 0 aliphatic carbocycles. The van der Waals surface area contributed by atoms with Gasteiger partial charge in [0.2, 0.25) is 12.7 Å². The Balaban J connectivity index is 1.85. The molecule has 1 saturated heterocycles. The van der Waals surface area contributed by atoms with E-state index in [1.165, 1.54) is 6.92 Å². The second-order valence-corrected chi connectivity index (χ2v) is 6.40. The fourth-order valence-corrected chi connectivity index (χ4v) is 3.96. The molecule has 1 aromatic carbocycles. The zero-order valence-electron chi connectivity index (χ0n) is 12.9. The Hall–Kier alpha value is -2.37. The molecule has 120 valence electrons. The summed E-state index contributed by atoms with van der Waals surface area (Å²) in [6.45, 7) is 2.06. The SMILES string of the molecule is CC(=O)CC12CCC(=O)N1CCc1cc3c(cc1C2=O)OCO3. The lowest BCUT2D eigenvalue weighted by Crippen LogP contribution is -2.52. The van der Waals surface area contributed by atoms with Crippen molar-refractivity contribution in [2.45, 2.75) is 38.1 Å². The van der Waals surface area contributed by atoms with Crippen LogP contribution in [0.3, 0.4) is 0 Å². The summed E-state index contributed by atoms with van der Waals surface area (Å²) in [5.41, 5.74) is 0.374. The minimum absolute atomic E-state index is 0.0487. The number of nitrogens with zero attached hydrogens (tertiary/aromatic N) is 1. The van der Waals surface area contributed by atoms with E-state index in [9.17, 15) is 14.4 Å². The first-order valence-electron chi connectivity index (χ1n) is 7.78. The molecule has 0 spiro atoms. The van der Waals surface area contributed by atoms with Crippen LogP contribution in [0.5, 0.6) is 11.5 Å². The molecule has 6 heteroatoms. The number of benzene rings is 1. The van der Waals surface area contributed by atoms with Crippen molar-refractivity contribution in [3.8, 4) is 11.5 Å². The minimum atomic E-state index is -1.03. The largest absolute Gasteiger partial charge is 0.454 e. The molecule has 1 aromatic rings. The van der Waals surface area contributed by atoms with Gasteiger partial charge in [-0.1, -0.05) is 0 Å². The highest BCUT2D eigenvalue weighted by atomic mass is 16.7. The molecule has 1 fully saturated rings. The molecular formula is C17H17NO5. The molecular weight excluding hydrogens is 298 g/mol. The average Bonchev–Trinajstić information content (AvgIpc) is 3.05. The number of ketones is 2. The van der Waals surface area contributed by atoms with Crippen LogP contribution < -0.4 is 9.47 Å². The number of carbonyl (C=O) groups excluding carboxylic acids is 3. The number of hydrogen-bond acceptors (Lipinski definition) is 5. The standard InChI is InChI=1S/C17H17NO5/c1-10(19)8-17-4-2-15(20)18(17)5-3-11-6-13-14(23-9-22-13)7-12(11)16(17)21/h6-7H,2-5,8-9H2,1H3. The first-order valence-corrected chi connectivity index (χ1v) is 7.78. The van der Waals surface area contributed by atoms with Crippen LogP contribution in [-0.2, 0) is 16.0 Å². The van der Waals surface area contributed by atoms with E-state index in [1.54, 1.807) is 11.0 Å². The van der Waals surface area contributed by atoms with Crippen molar-refractivity contribution >= 4 is 17.5 Å². The van der Waals surface area contributed by atoms with E-state index in [0.29, 0.717) is 42.9 Å². The second kappa shape index (κ2) is 4.81. The van der Waals surface area contributed by atoms with Gasteiger partial charge in [0.15, 0.2) is 17.3 Å². The molecule has 23 heavy (non-hydrogen) atoms. The van der Waals surface area contributed by atoms with Gasteiger partial charge >= 0.3 is 0 Å². The topological polar surface area (TPSA) is 72.9 Å². The van der Waals surface area contributed by atoms with Gasteiger partial charge in [-0.2, -0.15) is 0 Å². The molecule has 1 unspecified atom stereocenters. The molecule has 1 atom stereocenters. The van der Waals surface area contributed by atoms with Gasteiger partial charge in [0.1, 0.15) is 11.3 Å². The quantitative estimate of drug-likeness (QED) is 0.827. The van der Waals surface area contributed by atoms with Crippen LogP contribution in [-0.4, -0.2) is 41.3 Å². The Labute approximate surface area is 133 Å². The second-order valence-electron chi connectivity index (χ2n) is 6.40. The van der Waals surface area contributed by atoms with Gasteiger partial charge in [0, 0.05) is 24.9 Å². The lowest BCUT2D eigenvalue weighted by Gasteiger charge is -2.35. The Kier molecular flexibility index (Phi) is 2.98. The summed E-state index contributed by atoms with van der Waals surface area (Å²) in [7, 11) is 0. The zero-order valence-corrected chi connectivity index (χ0v) is 12.9. The van der Waals surface area contributed by atoms with Crippen LogP contribution in [0.25, 0.3) is 0 Å². The van der Waals surface area contributed by atoms with Gasteiger partial charge in [0.05, 0.1) is 0 Å². The molecule has 0 aromatic heterocycles. The molecule has 0 N–H and O–H groups in total. The summed E-state index contributed by atoms with van der Waals surface area (Å²) in [4.78, 5) is 38.9. The van der Waals surface area contributed by atoms with Gasteiger partial charge in [-0.25, -0.2) is 0 Å². The molecule has 0 radical (unpaired) electrons. The van der Waals surface area contributed by atoms with Crippen molar-refractivity contribution in [3.63, 3.8) is 0 Å². The molecule has 6 nitrogen and oxygen atoms in total. The van der Waals surface area contributed by atoms with Gasteiger partial charge in [-0.3, -0.25) is 14.4 Å². The normalized spacial score (nSPS) is 25.2. The van der Waals surface area contributed by atoms with Crippen LogP contribution >= 0.6 is 0 Å². The highest BCUT2D eigenvalue weighted by Gasteiger charge is 2.53. The van der Waals surface area contributed by atoms with Crippen molar-refractivity contribution in [2.24, 2.45) is 0 Å². The third kappa shape index (κ3) is 1.97. The smallest absolute Gasteiger partial charge is 0.231 e. The summed E-state index contributed by atoms with van der Waals surface area (Å²) in [6.07, 6.45) is 1.37. The number of amides is 1. The Morgan fingerprint density at radius 1 is 1.22 bits per heavy atom. The Morgan fingerprint density at radius 2 is 1.96 bits per heavy atom. The molecule has 0 bridgehead atoms. The maximum atomic E-state index is 13.3.